The van der Waals surface area contributed by atoms with Crippen LogP contribution in [0, 0.1) is 0 Å². The van der Waals surface area contributed by atoms with Crippen molar-refractivity contribution in [3.63, 3.8) is 0 Å². The van der Waals surface area contributed by atoms with Gasteiger partial charge in [-0.2, -0.15) is 0 Å². The number of amides is 1. The zero-order valence-electron chi connectivity index (χ0n) is 12.6. The predicted octanol–water partition coefficient (Wildman–Crippen LogP) is 3.82. The van der Waals surface area contributed by atoms with E-state index in [4.69, 9.17) is 21.7 Å². The molecule has 1 aliphatic heterocycles. The van der Waals surface area contributed by atoms with Crippen LogP contribution in [0.4, 0.5) is 5.69 Å². The van der Waals surface area contributed by atoms with Gasteiger partial charge in [-0.25, -0.2) is 0 Å². The van der Waals surface area contributed by atoms with Crippen molar-refractivity contribution in [3.8, 4) is 17.2 Å². The summed E-state index contributed by atoms with van der Waals surface area (Å²) in [4.78, 5) is 12.3. The second-order valence-corrected chi connectivity index (χ2v) is 7.17. The zero-order chi connectivity index (χ0) is 18.0. The first-order chi connectivity index (χ1) is 11.9. The summed E-state index contributed by atoms with van der Waals surface area (Å²) in [7, 11) is 0. The third-order valence-electron chi connectivity index (χ3n) is 3.31. The Morgan fingerprint density at radius 1 is 1.08 bits per heavy atom. The molecule has 3 rings (SSSR count). The first-order valence-corrected chi connectivity index (χ1v) is 9.13. The molecule has 0 fully saturated rings. The molecule has 9 heteroatoms. The first kappa shape index (κ1) is 18.0. The number of benzene rings is 2. The zero-order valence-corrected chi connectivity index (χ0v) is 16.6. The van der Waals surface area contributed by atoms with Crippen molar-refractivity contribution in [2.45, 2.75) is 0 Å². The summed E-state index contributed by atoms with van der Waals surface area (Å²) in [6.07, 6.45) is 0. The summed E-state index contributed by atoms with van der Waals surface area (Å²) < 4.78 is 11.9. The van der Waals surface area contributed by atoms with Gasteiger partial charge in [0.2, 0.25) is 0 Å². The van der Waals surface area contributed by atoms with Crippen LogP contribution in [-0.4, -0.2) is 29.3 Å². The van der Waals surface area contributed by atoms with Crippen LogP contribution >= 0.6 is 44.1 Å². The lowest BCUT2D eigenvalue weighted by atomic mass is 10.2. The fourth-order valence-corrected chi connectivity index (χ4v) is 3.56. The van der Waals surface area contributed by atoms with Gasteiger partial charge >= 0.3 is 0 Å². The number of thiocarbonyl (C=S) groups is 1. The lowest BCUT2D eigenvalue weighted by molar-refractivity contribution is 0.0976. The van der Waals surface area contributed by atoms with Crippen LogP contribution in [0.25, 0.3) is 0 Å². The van der Waals surface area contributed by atoms with Crippen molar-refractivity contribution in [2.24, 2.45) is 0 Å². The molecule has 6 nitrogen and oxygen atoms in total. The third kappa shape index (κ3) is 4.23. The topological polar surface area (TPSA) is 79.8 Å². The van der Waals surface area contributed by atoms with E-state index in [1.54, 1.807) is 30.3 Å². The van der Waals surface area contributed by atoms with E-state index in [0.29, 0.717) is 44.9 Å². The fraction of sp³-hybridized carbons (Fsp3) is 0.125. The van der Waals surface area contributed by atoms with Crippen molar-refractivity contribution in [3.05, 3.63) is 44.8 Å². The molecule has 1 aliphatic rings. The Morgan fingerprint density at radius 3 is 2.40 bits per heavy atom. The summed E-state index contributed by atoms with van der Waals surface area (Å²) in [6, 6.07) is 8.22. The molecule has 0 aliphatic carbocycles. The van der Waals surface area contributed by atoms with Gasteiger partial charge in [-0.1, -0.05) is 0 Å². The molecule has 0 bridgehead atoms. The van der Waals surface area contributed by atoms with Gasteiger partial charge in [0.05, 0.1) is 8.95 Å². The summed E-state index contributed by atoms with van der Waals surface area (Å²) in [5, 5.41) is 15.3. The standard InChI is InChI=1S/C16H12Br2N2O4S/c17-10-6-9(7-11(18)14(10)21)19-16(25)20-15(22)8-1-2-12-13(5-8)24-4-3-23-12/h1-2,5-7,21H,3-4H2,(H2,19,20,22,25). The number of hydrogen-bond donors (Lipinski definition) is 3. The minimum absolute atomic E-state index is 0.0804. The van der Waals surface area contributed by atoms with Gasteiger partial charge < -0.3 is 19.9 Å². The second kappa shape index (κ2) is 7.59. The maximum atomic E-state index is 12.3. The van der Waals surface area contributed by atoms with Crippen LogP contribution in [-0.2, 0) is 0 Å². The minimum atomic E-state index is -0.369. The van der Waals surface area contributed by atoms with E-state index in [0.717, 1.165) is 0 Å². The van der Waals surface area contributed by atoms with E-state index in [1.807, 2.05) is 0 Å². The number of carbonyl (C=O) groups excluding carboxylic acids is 1. The van der Waals surface area contributed by atoms with Crippen LogP contribution in [0.15, 0.2) is 39.3 Å². The lowest BCUT2D eigenvalue weighted by Gasteiger charge is -2.18. The van der Waals surface area contributed by atoms with Crippen molar-refractivity contribution in [1.82, 2.24) is 5.32 Å². The Labute approximate surface area is 165 Å². The number of phenolic OH excluding ortho intramolecular Hbond substituents is 1. The molecule has 2 aromatic rings. The molecular weight excluding hydrogens is 476 g/mol. The smallest absolute Gasteiger partial charge is 0.257 e. The largest absolute Gasteiger partial charge is 0.506 e. The molecule has 0 atom stereocenters. The number of phenols is 1. The quantitative estimate of drug-likeness (QED) is 0.441. The van der Waals surface area contributed by atoms with Crippen LogP contribution in [0.5, 0.6) is 17.2 Å². The highest BCUT2D eigenvalue weighted by atomic mass is 79.9. The van der Waals surface area contributed by atoms with Gasteiger partial charge in [0.15, 0.2) is 16.6 Å². The van der Waals surface area contributed by atoms with Crippen LogP contribution in [0.3, 0.4) is 0 Å². The second-order valence-electron chi connectivity index (χ2n) is 5.06. The molecule has 1 amide bonds. The number of ether oxygens (including phenoxy) is 2. The Bertz CT molecular complexity index is 837. The van der Waals surface area contributed by atoms with Crippen molar-refractivity contribution in [2.75, 3.05) is 18.5 Å². The van der Waals surface area contributed by atoms with Crippen molar-refractivity contribution < 1.29 is 19.4 Å². The average molecular weight is 488 g/mol. The molecule has 0 saturated carbocycles. The average Bonchev–Trinajstić information content (AvgIpc) is 2.59. The van der Waals surface area contributed by atoms with E-state index >= 15 is 0 Å². The van der Waals surface area contributed by atoms with E-state index in [-0.39, 0.29) is 16.8 Å². The normalized spacial score (nSPS) is 12.4. The lowest BCUT2D eigenvalue weighted by Crippen LogP contribution is -2.34. The highest BCUT2D eigenvalue weighted by molar-refractivity contribution is 9.11. The molecular formula is C16H12Br2N2O4S. The molecule has 130 valence electrons. The van der Waals surface area contributed by atoms with Gasteiger partial charge in [0, 0.05) is 11.3 Å². The summed E-state index contributed by atoms with van der Waals surface area (Å²) in [5.74, 6) is 0.856. The van der Waals surface area contributed by atoms with Gasteiger partial charge in [0.25, 0.3) is 5.91 Å². The first-order valence-electron chi connectivity index (χ1n) is 7.14. The Hall–Kier alpha value is -1.84. The highest BCUT2D eigenvalue weighted by Crippen LogP contribution is 2.35. The van der Waals surface area contributed by atoms with E-state index in [1.165, 1.54) is 0 Å². The fourth-order valence-electron chi connectivity index (χ4n) is 2.16. The van der Waals surface area contributed by atoms with Crippen LogP contribution < -0.4 is 20.1 Å². The SMILES string of the molecule is O=C(NC(=S)Nc1cc(Br)c(O)c(Br)c1)c1ccc2c(c1)OCCO2. The number of fused-ring (bicyclic) bond motifs is 1. The maximum absolute atomic E-state index is 12.3. The van der Waals surface area contributed by atoms with Gasteiger partial charge in [-0.3, -0.25) is 10.1 Å². The van der Waals surface area contributed by atoms with Gasteiger partial charge in [0.1, 0.15) is 19.0 Å². The summed E-state index contributed by atoms with van der Waals surface area (Å²) in [6.45, 7) is 0.937. The van der Waals surface area contributed by atoms with E-state index in [2.05, 4.69) is 42.5 Å². The number of nitrogens with one attached hydrogen (secondary N) is 2. The number of halogens is 2. The molecule has 0 radical (unpaired) electrons. The molecule has 25 heavy (non-hydrogen) atoms. The Kier molecular flexibility index (Phi) is 5.45. The van der Waals surface area contributed by atoms with Crippen LogP contribution in [0.2, 0.25) is 0 Å². The molecule has 3 N–H and O–H groups in total. The number of rotatable bonds is 2. The van der Waals surface area contributed by atoms with Crippen molar-refractivity contribution in [1.29, 1.82) is 0 Å². The van der Waals surface area contributed by atoms with Gasteiger partial charge in [-0.15, -0.1) is 0 Å². The monoisotopic (exact) mass is 486 g/mol. The van der Waals surface area contributed by atoms with Gasteiger partial charge in [-0.05, 0) is 74.4 Å². The predicted molar refractivity (Wildman–Crippen MR) is 105 cm³/mol. The maximum Gasteiger partial charge on any atom is 0.257 e. The molecule has 0 spiro atoms. The summed E-state index contributed by atoms with van der Waals surface area (Å²) >= 11 is 11.6. The number of aromatic hydroxyl groups is 1. The Morgan fingerprint density at radius 2 is 1.72 bits per heavy atom. The number of anilines is 1. The summed E-state index contributed by atoms with van der Waals surface area (Å²) in [5.41, 5.74) is 1.01. The number of hydrogen-bond acceptors (Lipinski definition) is 5. The van der Waals surface area contributed by atoms with Crippen LogP contribution in [0.1, 0.15) is 10.4 Å². The van der Waals surface area contributed by atoms with Crippen molar-refractivity contribution >= 4 is 60.8 Å². The minimum Gasteiger partial charge on any atom is -0.506 e. The molecule has 1 heterocycles. The molecule has 0 unspecified atom stereocenters. The molecule has 0 saturated heterocycles. The molecule has 2 aromatic carbocycles. The Balaban J connectivity index is 1.67. The van der Waals surface area contributed by atoms with E-state index in [9.17, 15) is 9.90 Å². The number of carbonyl (C=O) groups is 1. The molecule has 0 aromatic heterocycles. The highest BCUT2D eigenvalue weighted by Gasteiger charge is 2.16. The van der Waals surface area contributed by atoms with E-state index < -0.39 is 0 Å². The third-order valence-corrected chi connectivity index (χ3v) is 4.72.